The number of pyridine rings is 1. The molecule has 0 radical (unpaired) electrons. The number of nitrogens with one attached hydrogen (secondary N) is 1. The van der Waals surface area contributed by atoms with Gasteiger partial charge in [-0.15, -0.1) is 0 Å². The smallest absolute Gasteiger partial charge is 0.133 e. The quantitative estimate of drug-likeness (QED) is 0.870. The summed E-state index contributed by atoms with van der Waals surface area (Å²) in [6.45, 7) is 10.6. The molecule has 0 unspecified atom stereocenters. The lowest BCUT2D eigenvalue weighted by Crippen LogP contribution is -2.41. The van der Waals surface area contributed by atoms with Crippen LogP contribution in [0.4, 0.5) is 5.82 Å². The van der Waals surface area contributed by atoms with Crippen LogP contribution in [0, 0.1) is 0 Å². The summed E-state index contributed by atoms with van der Waals surface area (Å²) < 4.78 is 1.03. The molecule has 0 spiro atoms. The Morgan fingerprint density at radius 2 is 2.06 bits per heavy atom. The molecule has 0 fully saturated rings. The van der Waals surface area contributed by atoms with Crippen molar-refractivity contribution in [2.45, 2.75) is 46.2 Å². The Bertz CT molecular complexity index is 391. The average molecular weight is 314 g/mol. The Hall–Kier alpha value is -0.610. The summed E-state index contributed by atoms with van der Waals surface area (Å²) >= 11 is 3.50. The van der Waals surface area contributed by atoms with E-state index in [-0.39, 0.29) is 5.54 Å². The van der Waals surface area contributed by atoms with Crippen molar-refractivity contribution in [3.05, 3.63) is 22.3 Å². The Morgan fingerprint density at radius 1 is 1.39 bits per heavy atom. The van der Waals surface area contributed by atoms with Crippen molar-refractivity contribution < 1.29 is 0 Å². The van der Waals surface area contributed by atoms with Gasteiger partial charge in [0.2, 0.25) is 0 Å². The summed E-state index contributed by atoms with van der Waals surface area (Å²) in [5.74, 6) is 1.06. The van der Waals surface area contributed by atoms with E-state index in [9.17, 15) is 0 Å². The molecule has 0 bridgehead atoms. The van der Waals surface area contributed by atoms with Crippen LogP contribution in [0.15, 0.2) is 16.7 Å². The van der Waals surface area contributed by atoms with Gasteiger partial charge in [0.05, 0.1) is 0 Å². The highest BCUT2D eigenvalue weighted by molar-refractivity contribution is 9.10. The fraction of sp³-hybridized carbons (Fsp3) is 0.643. The van der Waals surface area contributed by atoms with Gasteiger partial charge in [-0.1, -0.05) is 13.8 Å². The first-order valence-corrected chi connectivity index (χ1v) is 7.30. The lowest BCUT2D eigenvalue weighted by Gasteiger charge is -2.37. The van der Waals surface area contributed by atoms with Crippen LogP contribution in [0.3, 0.4) is 0 Å². The Labute approximate surface area is 119 Å². The summed E-state index contributed by atoms with van der Waals surface area (Å²) in [6, 6.07) is 2.15. The van der Waals surface area contributed by atoms with Crippen molar-refractivity contribution in [3.63, 3.8) is 0 Å². The topological polar surface area (TPSA) is 28.2 Å². The number of rotatable bonds is 6. The number of halogens is 1. The fourth-order valence-corrected chi connectivity index (χ4v) is 2.07. The van der Waals surface area contributed by atoms with Gasteiger partial charge in [0.1, 0.15) is 5.82 Å². The van der Waals surface area contributed by atoms with Crippen LogP contribution in [-0.4, -0.2) is 24.1 Å². The van der Waals surface area contributed by atoms with Gasteiger partial charge >= 0.3 is 0 Å². The minimum atomic E-state index is 0.113. The van der Waals surface area contributed by atoms with Gasteiger partial charge in [0.15, 0.2) is 0 Å². The van der Waals surface area contributed by atoms with Crippen molar-refractivity contribution >= 4 is 21.7 Å². The molecule has 1 N–H and O–H groups in total. The minimum absolute atomic E-state index is 0.113. The van der Waals surface area contributed by atoms with Crippen LogP contribution in [-0.2, 0) is 6.54 Å². The van der Waals surface area contributed by atoms with Gasteiger partial charge < -0.3 is 10.2 Å². The third kappa shape index (κ3) is 3.69. The first kappa shape index (κ1) is 15.4. The predicted molar refractivity (Wildman–Crippen MR) is 82.1 cm³/mol. The van der Waals surface area contributed by atoms with Crippen LogP contribution >= 0.6 is 15.9 Å². The molecule has 1 heterocycles. The van der Waals surface area contributed by atoms with Crippen LogP contribution in [0.25, 0.3) is 0 Å². The molecule has 4 heteroatoms. The monoisotopic (exact) mass is 313 g/mol. The van der Waals surface area contributed by atoms with Gasteiger partial charge in [0.25, 0.3) is 0 Å². The standard InChI is InChI=1S/C14H24BrN3/c1-6-14(3,4)18(5)13-11(9-16-7-2)8-12(15)10-17-13/h8,10,16H,6-7,9H2,1-5H3. The number of nitrogens with zero attached hydrogens (tertiary/aromatic N) is 2. The molecule has 0 saturated heterocycles. The lowest BCUT2D eigenvalue weighted by molar-refractivity contribution is 0.465. The second-order valence-electron chi connectivity index (χ2n) is 5.14. The van der Waals surface area contributed by atoms with Crippen LogP contribution < -0.4 is 10.2 Å². The average Bonchev–Trinajstić information content (AvgIpc) is 2.35. The second kappa shape index (κ2) is 6.53. The van der Waals surface area contributed by atoms with Crippen molar-refractivity contribution in [3.8, 4) is 0 Å². The Kier molecular flexibility index (Phi) is 5.60. The van der Waals surface area contributed by atoms with Gasteiger partial charge in [-0.3, -0.25) is 0 Å². The van der Waals surface area contributed by atoms with E-state index in [1.807, 2.05) is 6.20 Å². The summed E-state index contributed by atoms with van der Waals surface area (Å²) in [5, 5.41) is 3.37. The van der Waals surface area contributed by atoms with Crippen LogP contribution in [0.5, 0.6) is 0 Å². The molecule has 1 rings (SSSR count). The normalized spacial score (nSPS) is 11.7. The molecule has 18 heavy (non-hydrogen) atoms. The first-order chi connectivity index (χ1) is 8.42. The van der Waals surface area contributed by atoms with E-state index >= 15 is 0 Å². The van der Waals surface area contributed by atoms with Gasteiger partial charge in [-0.25, -0.2) is 4.98 Å². The number of aromatic nitrogens is 1. The van der Waals surface area contributed by atoms with Gasteiger partial charge in [0, 0.05) is 35.4 Å². The Morgan fingerprint density at radius 3 is 2.61 bits per heavy atom. The van der Waals surface area contributed by atoms with E-state index in [4.69, 9.17) is 0 Å². The third-order valence-corrected chi connectivity index (χ3v) is 4.00. The maximum absolute atomic E-state index is 4.58. The summed E-state index contributed by atoms with van der Waals surface area (Å²) in [6.07, 6.45) is 2.95. The highest BCUT2D eigenvalue weighted by Crippen LogP contribution is 2.27. The van der Waals surface area contributed by atoms with Crippen molar-refractivity contribution in [2.75, 3.05) is 18.5 Å². The molecule has 0 amide bonds. The fourth-order valence-electron chi connectivity index (χ4n) is 1.69. The zero-order valence-corrected chi connectivity index (χ0v) is 13.6. The van der Waals surface area contributed by atoms with E-state index in [0.717, 1.165) is 29.8 Å². The van der Waals surface area contributed by atoms with Crippen molar-refractivity contribution in [2.24, 2.45) is 0 Å². The molecule has 0 atom stereocenters. The summed E-state index contributed by atoms with van der Waals surface area (Å²) in [4.78, 5) is 6.85. The minimum Gasteiger partial charge on any atom is -0.354 e. The van der Waals surface area contributed by atoms with E-state index in [0.29, 0.717) is 0 Å². The van der Waals surface area contributed by atoms with E-state index < -0.39 is 0 Å². The maximum Gasteiger partial charge on any atom is 0.133 e. The number of anilines is 1. The highest BCUT2D eigenvalue weighted by Gasteiger charge is 2.24. The van der Waals surface area contributed by atoms with Gasteiger partial charge in [-0.2, -0.15) is 0 Å². The summed E-state index contributed by atoms with van der Waals surface area (Å²) in [7, 11) is 2.12. The molecule has 1 aromatic heterocycles. The molecule has 1 aromatic rings. The van der Waals surface area contributed by atoms with E-state index in [1.54, 1.807) is 0 Å². The second-order valence-corrected chi connectivity index (χ2v) is 6.06. The molecule has 0 saturated carbocycles. The van der Waals surface area contributed by atoms with Crippen LogP contribution in [0.2, 0.25) is 0 Å². The summed E-state index contributed by atoms with van der Waals surface area (Å²) in [5.41, 5.74) is 1.34. The third-order valence-electron chi connectivity index (χ3n) is 3.57. The lowest BCUT2D eigenvalue weighted by atomic mass is 9.99. The first-order valence-electron chi connectivity index (χ1n) is 6.51. The highest BCUT2D eigenvalue weighted by atomic mass is 79.9. The molecule has 102 valence electrons. The molecular weight excluding hydrogens is 290 g/mol. The largest absolute Gasteiger partial charge is 0.354 e. The van der Waals surface area contributed by atoms with Crippen LogP contribution in [0.1, 0.15) is 39.7 Å². The molecule has 0 aliphatic heterocycles. The van der Waals surface area contributed by atoms with Gasteiger partial charge in [-0.05, 0) is 48.8 Å². The SMILES string of the molecule is CCNCc1cc(Br)cnc1N(C)C(C)(C)CC. The molecular formula is C14H24BrN3. The van der Waals surface area contributed by atoms with Crippen molar-refractivity contribution in [1.82, 2.24) is 10.3 Å². The molecule has 0 aromatic carbocycles. The predicted octanol–water partition coefficient (Wildman–Crippen LogP) is 3.58. The zero-order valence-electron chi connectivity index (χ0n) is 12.0. The number of hydrogen-bond donors (Lipinski definition) is 1. The van der Waals surface area contributed by atoms with E-state index in [1.165, 1.54) is 5.56 Å². The molecule has 3 nitrogen and oxygen atoms in total. The number of hydrogen-bond acceptors (Lipinski definition) is 3. The molecule has 0 aliphatic carbocycles. The van der Waals surface area contributed by atoms with Crippen molar-refractivity contribution in [1.29, 1.82) is 0 Å². The zero-order chi connectivity index (χ0) is 13.8. The Balaban J connectivity index is 3.06. The molecule has 0 aliphatic rings. The maximum atomic E-state index is 4.58. The van der Waals surface area contributed by atoms with E-state index in [2.05, 4.69) is 71.9 Å².